The molecule has 3 aromatic rings. The largest absolute Gasteiger partial charge is 0.394 e. The molecular formula is C18H22ClN5O4S. The second-order valence-corrected chi connectivity index (χ2v) is 8.33. The number of imidazole rings is 1. The molecule has 0 amide bonds. The Balaban J connectivity index is 1.59. The van der Waals surface area contributed by atoms with Gasteiger partial charge in [0, 0.05) is 24.4 Å². The highest BCUT2D eigenvalue weighted by Crippen LogP contribution is 2.34. The van der Waals surface area contributed by atoms with Crippen LogP contribution in [0.5, 0.6) is 0 Å². The Labute approximate surface area is 176 Å². The van der Waals surface area contributed by atoms with E-state index in [1.807, 2.05) is 18.4 Å². The quantitative estimate of drug-likeness (QED) is 0.511. The minimum absolute atomic E-state index is 0.0736. The van der Waals surface area contributed by atoms with Crippen LogP contribution in [0.4, 0.5) is 5.82 Å². The molecule has 3 aromatic heterocycles. The third kappa shape index (κ3) is 3.83. The van der Waals surface area contributed by atoms with Gasteiger partial charge >= 0.3 is 0 Å². The zero-order valence-corrected chi connectivity index (χ0v) is 17.5. The summed E-state index contributed by atoms with van der Waals surface area (Å²) in [6.07, 6.45) is 0.765. The molecule has 0 unspecified atom stereocenters. The van der Waals surface area contributed by atoms with E-state index < -0.39 is 24.5 Å². The molecule has 1 fully saturated rings. The Bertz CT molecular complexity index is 982. The molecule has 9 nitrogen and oxygen atoms in total. The lowest BCUT2D eigenvalue weighted by atomic mass is 10.1. The summed E-state index contributed by atoms with van der Waals surface area (Å²) in [4.78, 5) is 14.2. The lowest BCUT2D eigenvalue weighted by Gasteiger charge is -2.20. The van der Waals surface area contributed by atoms with E-state index in [0.29, 0.717) is 17.0 Å². The molecule has 1 saturated heterocycles. The van der Waals surface area contributed by atoms with Crippen molar-refractivity contribution < 1.29 is 19.7 Å². The maximum absolute atomic E-state index is 10.3. The minimum Gasteiger partial charge on any atom is -0.394 e. The van der Waals surface area contributed by atoms with Crippen LogP contribution in [0.25, 0.3) is 11.2 Å². The fraction of sp³-hybridized carbons (Fsp3) is 0.500. The zero-order valence-electron chi connectivity index (χ0n) is 15.9. The van der Waals surface area contributed by atoms with Gasteiger partial charge in [-0.25, -0.2) is 15.0 Å². The number of fused-ring (bicyclic) bond motifs is 1. The van der Waals surface area contributed by atoms with Crippen molar-refractivity contribution in [2.75, 3.05) is 19.0 Å². The number of methoxy groups -OCH3 is 1. The zero-order chi connectivity index (χ0) is 20.5. The smallest absolute Gasteiger partial charge is 0.167 e. The summed E-state index contributed by atoms with van der Waals surface area (Å²) >= 11 is 7.82. The molecule has 11 heteroatoms. The van der Waals surface area contributed by atoms with Crippen LogP contribution in [0.2, 0.25) is 5.02 Å². The molecular weight excluding hydrogens is 418 g/mol. The third-order valence-corrected chi connectivity index (χ3v) is 6.37. The molecule has 156 valence electrons. The van der Waals surface area contributed by atoms with Gasteiger partial charge in [-0.3, -0.25) is 4.57 Å². The molecule has 29 heavy (non-hydrogen) atoms. The minimum atomic E-state index is -0.956. The van der Waals surface area contributed by atoms with Crippen LogP contribution in [0.3, 0.4) is 0 Å². The predicted molar refractivity (Wildman–Crippen MR) is 109 cm³/mol. The Kier molecular flexibility index (Phi) is 6.00. The first-order valence-corrected chi connectivity index (χ1v) is 10.4. The molecule has 1 aliphatic rings. The summed E-state index contributed by atoms with van der Waals surface area (Å²) in [6, 6.07) is 1.96. The second kappa shape index (κ2) is 8.50. The Morgan fingerprint density at radius 2 is 2.24 bits per heavy atom. The van der Waals surface area contributed by atoms with Gasteiger partial charge in [0.1, 0.15) is 24.6 Å². The van der Waals surface area contributed by atoms with Crippen LogP contribution < -0.4 is 5.32 Å². The van der Waals surface area contributed by atoms with Crippen molar-refractivity contribution in [2.24, 2.45) is 0 Å². The van der Waals surface area contributed by atoms with Crippen LogP contribution in [0.1, 0.15) is 18.0 Å². The first-order chi connectivity index (χ1) is 14.0. The summed E-state index contributed by atoms with van der Waals surface area (Å²) in [5.74, 6) is 0.597. The number of aliphatic hydroxyl groups excluding tert-OH is 2. The van der Waals surface area contributed by atoms with Crippen molar-refractivity contribution in [2.45, 2.75) is 43.9 Å². The average molecular weight is 440 g/mol. The number of nitrogens with one attached hydrogen (secondary N) is 1. The fourth-order valence-electron chi connectivity index (χ4n) is 3.53. The number of anilines is 1. The van der Waals surface area contributed by atoms with Gasteiger partial charge in [-0.2, -0.15) is 0 Å². The van der Waals surface area contributed by atoms with Crippen molar-refractivity contribution in [3.63, 3.8) is 0 Å². The van der Waals surface area contributed by atoms with Gasteiger partial charge in [-0.1, -0.05) is 11.6 Å². The maximum atomic E-state index is 10.3. The number of aliphatic hydroxyl groups is 2. The van der Waals surface area contributed by atoms with Crippen LogP contribution >= 0.6 is 22.9 Å². The number of hydrogen-bond donors (Lipinski definition) is 3. The Hall–Kier alpha value is -1.82. The van der Waals surface area contributed by atoms with E-state index in [2.05, 4.69) is 20.3 Å². The summed E-state index contributed by atoms with van der Waals surface area (Å²) in [6.45, 7) is 1.74. The average Bonchev–Trinajstić information content (AvgIpc) is 3.39. The highest BCUT2D eigenvalue weighted by atomic mass is 35.5. The number of aromatic nitrogens is 4. The molecule has 0 bridgehead atoms. The van der Waals surface area contributed by atoms with Crippen LogP contribution in [0, 0.1) is 0 Å². The highest BCUT2D eigenvalue weighted by molar-refractivity contribution is 7.10. The summed E-state index contributed by atoms with van der Waals surface area (Å²) < 4.78 is 12.9. The third-order valence-electron chi connectivity index (χ3n) is 4.96. The van der Waals surface area contributed by atoms with E-state index in [4.69, 9.17) is 21.1 Å². The molecule has 4 rings (SSSR count). The van der Waals surface area contributed by atoms with Gasteiger partial charge < -0.3 is 25.0 Å². The predicted octanol–water partition coefficient (Wildman–Crippen LogP) is 1.85. The molecule has 0 aliphatic carbocycles. The molecule has 4 heterocycles. The van der Waals surface area contributed by atoms with Gasteiger partial charge in [0.2, 0.25) is 0 Å². The first-order valence-electron chi connectivity index (χ1n) is 9.16. The highest BCUT2D eigenvalue weighted by Gasteiger charge is 2.45. The standard InChI is InChI=1S/C18H22ClN5O4S/c1-9(5-12-10(19)3-4-29-12)23-16-13-17(21-7-20-16)24(8-22-13)18-15(27-2)14(26)11(6-25)28-18/h3-4,7-9,11,14-15,18,25-26H,5-6H2,1-2H3,(H,20,21,23)/t9-,11-,14-,15-,18-/m1/s1. The van der Waals surface area contributed by atoms with E-state index in [-0.39, 0.29) is 12.6 Å². The normalized spacial score (nSPS) is 25.6. The molecule has 1 aliphatic heterocycles. The number of thiophene rings is 1. The van der Waals surface area contributed by atoms with Crippen molar-refractivity contribution >= 4 is 39.9 Å². The Morgan fingerprint density at radius 1 is 1.41 bits per heavy atom. The molecule has 0 spiro atoms. The molecule has 5 atom stereocenters. The summed E-state index contributed by atoms with van der Waals surface area (Å²) in [5.41, 5.74) is 1.12. The van der Waals surface area contributed by atoms with E-state index in [9.17, 15) is 10.2 Å². The van der Waals surface area contributed by atoms with Gasteiger partial charge in [0.05, 0.1) is 18.0 Å². The van der Waals surface area contributed by atoms with Crippen molar-refractivity contribution in [3.8, 4) is 0 Å². The lowest BCUT2D eigenvalue weighted by Crippen LogP contribution is -2.34. The first kappa shape index (κ1) is 20.5. The second-order valence-electron chi connectivity index (χ2n) is 6.93. The van der Waals surface area contributed by atoms with E-state index in [1.165, 1.54) is 13.4 Å². The number of hydrogen-bond acceptors (Lipinski definition) is 9. The van der Waals surface area contributed by atoms with Crippen LogP contribution in [0.15, 0.2) is 24.1 Å². The molecule has 3 N–H and O–H groups in total. The number of nitrogens with zero attached hydrogens (tertiary/aromatic N) is 4. The topological polar surface area (TPSA) is 115 Å². The molecule has 0 radical (unpaired) electrons. The Morgan fingerprint density at radius 3 is 2.93 bits per heavy atom. The summed E-state index contributed by atoms with van der Waals surface area (Å²) in [7, 11) is 1.49. The number of halogens is 1. The van der Waals surface area contributed by atoms with E-state index in [1.54, 1.807) is 22.2 Å². The molecule has 0 aromatic carbocycles. The van der Waals surface area contributed by atoms with Crippen molar-refractivity contribution in [1.29, 1.82) is 0 Å². The monoisotopic (exact) mass is 439 g/mol. The van der Waals surface area contributed by atoms with Crippen LogP contribution in [-0.4, -0.2) is 67.8 Å². The van der Waals surface area contributed by atoms with Gasteiger partial charge in [-0.05, 0) is 18.4 Å². The van der Waals surface area contributed by atoms with Gasteiger partial charge in [-0.15, -0.1) is 11.3 Å². The SMILES string of the molecule is CO[C@@H]1[C@H](O)[C@@H](CO)O[C@H]1n1cnc2c(N[C@H](C)Cc3sccc3Cl)ncnc21. The van der Waals surface area contributed by atoms with Crippen LogP contribution in [-0.2, 0) is 15.9 Å². The van der Waals surface area contributed by atoms with Gasteiger partial charge in [0.25, 0.3) is 0 Å². The lowest BCUT2D eigenvalue weighted by molar-refractivity contribution is -0.0583. The van der Waals surface area contributed by atoms with Crippen molar-refractivity contribution in [1.82, 2.24) is 19.5 Å². The van der Waals surface area contributed by atoms with Crippen molar-refractivity contribution in [3.05, 3.63) is 34.0 Å². The maximum Gasteiger partial charge on any atom is 0.167 e. The number of ether oxygens (including phenoxy) is 2. The fourth-order valence-corrected chi connectivity index (χ4v) is 4.77. The number of rotatable bonds is 7. The van der Waals surface area contributed by atoms with E-state index in [0.717, 1.165) is 16.3 Å². The summed E-state index contributed by atoms with van der Waals surface area (Å²) in [5, 5.41) is 25.8. The van der Waals surface area contributed by atoms with Gasteiger partial charge in [0.15, 0.2) is 23.2 Å². The molecule has 0 saturated carbocycles. The van der Waals surface area contributed by atoms with E-state index >= 15 is 0 Å².